The van der Waals surface area contributed by atoms with E-state index in [-0.39, 0.29) is 35.8 Å². The lowest BCUT2D eigenvalue weighted by molar-refractivity contribution is -0.136. The minimum atomic E-state index is -1.01. The number of carbonyl (C=O) groups excluding carboxylic acids is 6. The molecule has 6 amide bonds. The fourth-order valence-corrected chi connectivity index (χ4v) is 8.71. The largest absolute Gasteiger partial charge is 0.369 e. The number of pyridine rings is 1. The summed E-state index contributed by atoms with van der Waals surface area (Å²) in [4.78, 5) is 87.4. The number of imide groups is 2. The molecule has 13 nitrogen and oxygen atoms in total. The van der Waals surface area contributed by atoms with E-state index in [1.54, 1.807) is 42.7 Å². The zero-order valence-corrected chi connectivity index (χ0v) is 35.3. The van der Waals surface area contributed by atoms with Gasteiger partial charge in [0.15, 0.2) is 0 Å². The predicted octanol–water partition coefficient (Wildman–Crippen LogP) is 5.06. The Hall–Kier alpha value is -6.91. The van der Waals surface area contributed by atoms with Gasteiger partial charge in [0.2, 0.25) is 17.7 Å². The van der Waals surface area contributed by atoms with Gasteiger partial charge in [-0.3, -0.25) is 48.9 Å². The quantitative estimate of drug-likeness (QED) is 0.0864. The van der Waals surface area contributed by atoms with E-state index in [9.17, 15) is 28.8 Å². The van der Waals surface area contributed by atoms with Crippen molar-refractivity contribution >= 4 is 47.2 Å². The summed E-state index contributed by atoms with van der Waals surface area (Å²) >= 11 is 0. The molecule has 4 aliphatic rings. The van der Waals surface area contributed by atoms with E-state index in [0.717, 1.165) is 105 Å². The van der Waals surface area contributed by atoms with Gasteiger partial charge in [-0.05, 0) is 109 Å². The van der Waals surface area contributed by atoms with Crippen molar-refractivity contribution in [2.75, 3.05) is 50.7 Å². The number of aromatic nitrogens is 1. The molecule has 4 aromatic rings. The molecule has 0 aliphatic carbocycles. The minimum absolute atomic E-state index is 0.0697. The van der Waals surface area contributed by atoms with Gasteiger partial charge in [-0.15, -0.1) is 0 Å². The van der Waals surface area contributed by atoms with Crippen LogP contribution in [-0.2, 0) is 20.9 Å². The maximum Gasteiger partial charge on any atom is 0.262 e. The second-order valence-electron chi connectivity index (χ2n) is 16.6. The lowest BCUT2D eigenvalue weighted by Crippen LogP contribution is -2.54. The van der Waals surface area contributed by atoms with Crippen molar-refractivity contribution in [2.24, 2.45) is 5.92 Å². The normalized spacial score (nSPS) is 18.3. The zero-order valence-electron chi connectivity index (χ0n) is 35.3. The van der Waals surface area contributed by atoms with Gasteiger partial charge in [-0.1, -0.05) is 42.9 Å². The number of carbonyl (C=O) groups is 6. The Labute approximate surface area is 367 Å². The Bertz CT molecular complexity index is 2440. The number of benzene rings is 3. The van der Waals surface area contributed by atoms with Crippen molar-refractivity contribution in [3.63, 3.8) is 0 Å². The zero-order chi connectivity index (χ0) is 43.7. The molecule has 3 fully saturated rings. The predicted molar refractivity (Wildman–Crippen MR) is 238 cm³/mol. The van der Waals surface area contributed by atoms with Crippen molar-refractivity contribution in [1.82, 2.24) is 30.3 Å². The fraction of sp³-hybridized carbons (Fsp3) is 0.340. The highest BCUT2D eigenvalue weighted by Crippen LogP contribution is 2.29. The van der Waals surface area contributed by atoms with Gasteiger partial charge >= 0.3 is 0 Å². The number of nitrogens with one attached hydrogen (secondary N) is 2. The number of rotatable bonds is 12. The van der Waals surface area contributed by atoms with E-state index in [1.807, 2.05) is 41.3 Å². The number of unbranched alkanes of at least 4 members (excludes halogenated alkanes) is 1. The van der Waals surface area contributed by atoms with E-state index >= 15 is 0 Å². The summed E-state index contributed by atoms with van der Waals surface area (Å²) in [5, 5.41) is 5.17. The second kappa shape index (κ2) is 19.9. The standard InChI is InChI=1S/C50H51N7O6/c58-45(20-13-38-5-3-24-51-33-38)52-25-2-1-4-35-22-26-56(27-23-35)48(61)40-14-16-41(17-15-40)55-30-28-54(29-31-55)34-39-10-7-36(8-11-39)6-9-37-12-18-42-43(32-37)50(63)57(49(42)62)44-19-21-46(59)53-47(44)60/h3,5,7-8,10-18,20,24,32-33,35,44H,1-2,4,19,21-23,25-31,34H2,(H,52,58)(H,53,59,60)/b20-13+. The number of fused-ring (bicyclic) bond motifs is 1. The third kappa shape index (κ3) is 10.6. The Morgan fingerprint density at radius 1 is 0.794 bits per heavy atom. The molecule has 1 unspecified atom stereocenters. The molecule has 2 N–H and O–H groups in total. The number of piperidine rings is 2. The minimum Gasteiger partial charge on any atom is -0.369 e. The molecule has 1 aromatic heterocycles. The number of nitrogens with zero attached hydrogens (tertiary/aromatic N) is 5. The fourth-order valence-electron chi connectivity index (χ4n) is 8.71. The van der Waals surface area contributed by atoms with Gasteiger partial charge < -0.3 is 15.1 Å². The first-order valence-corrected chi connectivity index (χ1v) is 21.9. The van der Waals surface area contributed by atoms with Crippen LogP contribution in [0, 0.1) is 17.8 Å². The summed E-state index contributed by atoms with van der Waals surface area (Å²) in [7, 11) is 0. The van der Waals surface area contributed by atoms with E-state index in [4.69, 9.17) is 0 Å². The Kier molecular flexibility index (Phi) is 13.5. The van der Waals surface area contributed by atoms with Crippen LogP contribution in [-0.4, -0.2) is 107 Å². The van der Waals surface area contributed by atoms with Gasteiger partial charge in [-0.2, -0.15) is 0 Å². The third-order valence-electron chi connectivity index (χ3n) is 12.4. The van der Waals surface area contributed by atoms with Gasteiger partial charge in [0.1, 0.15) is 6.04 Å². The average molecular weight is 846 g/mol. The highest BCUT2D eigenvalue weighted by Gasteiger charge is 2.44. The van der Waals surface area contributed by atoms with Crippen molar-refractivity contribution in [3.05, 3.63) is 136 Å². The first kappa shape index (κ1) is 42.8. The average Bonchev–Trinajstić information content (AvgIpc) is 3.56. The van der Waals surface area contributed by atoms with Crippen LogP contribution in [0.5, 0.6) is 0 Å². The van der Waals surface area contributed by atoms with Gasteiger partial charge in [0, 0.05) is 99.6 Å². The summed E-state index contributed by atoms with van der Waals surface area (Å²) < 4.78 is 0. The van der Waals surface area contributed by atoms with Crippen LogP contribution in [0.15, 0.2) is 97.3 Å². The molecule has 63 heavy (non-hydrogen) atoms. The number of hydrogen-bond acceptors (Lipinski definition) is 9. The van der Waals surface area contributed by atoms with Crippen LogP contribution in [0.1, 0.15) is 98.3 Å². The molecule has 5 heterocycles. The molecule has 0 radical (unpaired) electrons. The summed E-state index contributed by atoms with van der Waals surface area (Å²) in [6.45, 7) is 6.63. The Morgan fingerprint density at radius 2 is 1.52 bits per heavy atom. The van der Waals surface area contributed by atoms with Crippen molar-refractivity contribution in [1.29, 1.82) is 0 Å². The molecular weight excluding hydrogens is 795 g/mol. The molecule has 0 spiro atoms. The summed E-state index contributed by atoms with van der Waals surface area (Å²) in [5.41, 5.74) is 5.77. The second-order valence-corrected chi connectivity index (χ2v) is 16.6. The number of amides is 6. The molecule has 3 aromatic carbocycles. The van der Waals surface area contributed by atoms with Crippen molar-refractivity contribution < 1.29 is 28.8 Å². The van der Waals surface area contributed by atoms with Gasteiger partial charge in [-0.25, -0.2) is 0 Å². The van der Waals surface area contributed by atoms with E-state index in [2.05, 4.69) is 61.5 Å². The van der Waals surface area contributed by atoms with Crippen LogP contribution in [0.2, 0.25) is 0 Å². The molecule has 4 aliphatic heterocycles. The summed E-state index contributed by atoms with van der Waals surface area (Å²) in [6.07, 6.45) is 12.0. The highest BCUT2D eigenvalue weighted by atomic mass is 16.2. The van der Waals surface area contributed by atoms with Crippen molar-refractivity contribution in [2.45, 2.75) is 57.5 Å². The Balaban J connectivity index is 0.733. The lowest BCUT2D eigenvalue weighted by Gasteiger charge is -2.36. The number of hydrogen-bond donors (Lipinski definition) is 2. The first-order valence-electron chi connectivity index (χ1n) is 21.9. The number of likely N-dealkylation sites (tertiary alicyclic amines) is 1. The van der Waals surface area contributed by atoms with Crippen LogP contribution in [0.25, 0.3) is 6.08 Å². The van der Waals surface area contributed by atoms with E-state index in [1.165, 1.54) is 5.56 Å². The van der Waals surface area contributed by atoms with Crippen LogP contribution in [0.4, 0.5) is 5.69 Å². The number of piperazine rings is 1. The van der Waals surface area contributed by atoms with Crippen LogP contribution in [0.3, 0.4) is 0 Å². The first-order chi connectivity index (χ1) is 30.7. The van der Waals surface area contributed by atoms with Gasteiger partial charge in [0.25, 0.3) is 17.7 Å². The molecule has 3 saturated heterocycles. The topological polar surface area (TPSA) is 152 Å². The maximum absolute atomic E-state index is 13.4. The summed E-state index contributed by atoms with van der Waals surface area (Å²) in [6, 6.07) is 23.8. The monoisotopic (exact) mass is 845 g/mol. The van der Waals surface area contributed by atoms with E-state index < -0.39 is 29.7 Å². The molecule has 8 rings (SSSR count). The molecule has 0 saturated carbocycles. The lowest BCUT2D eigenvalue weighted by atomic mass is 9.91. The molecule has 322 valence electrons. The molecule has 0 bridgehead atoms. The molecule has 1 atom stereocenters. The van der Waals surface area contributed by atoms with Crippen molar-refractivity contribution in [3.8, 4) is 11.8 Å². The van der Waals surface area contributed by atoms with E-state index in [0.29, 0.717) is 18.0 Å². The van der Waals surface area contributed by atoms with Crippen LogP contribution >= 0.6 is 0 Å². The Morgan fingerprint density at radius 3 is 2.25 bits per heavy atom. The van der Waals surface area contributed by atoms with Crippen LogP contribution < -0.4 is 15.5 Å². The molecule has 13 heteroatoms. The van der Waals surface area contributed by atoms with Gasteiger partial charge in [0.05, 0.1) is 11.1 Å². The SMILES string of the molecule is O=C(/C=C/c1cccnc1)NCCCCC1CCN(C(=O)c2ccc(N3CCN(Cc4ccc(C#Cc5ccc6c(c5)C(=O)N(C5CCC(=O)NC5=O)C6=O)cc4)CC3)cc2)CC1. The maximum atomic E-state index is 13.4. The number of anilines is 1. The summed E-state index contributed by atoms with van der Waals surface area (Å²) in [5.74, 6) is 4.72. The highest BCUT2D eigenvalue weighted by molar-refractivity contribution is 6.23. The molecular formula is C50H51N7O6. The smallest absolute Gasteiger partial charge is 0.262 e. The third-order valence-corrected chi connectivity index (χ3v) is 12.4.